The van der Waals surface area contributed by atoms with Crippen LogP contribution in [0.3, 0.4) is 0 Å². The summed E-state index contributed by atoms with van der Waals surface area (Å²) in [6.45, 7) is 3.66. The summed E-state index contributed by atoms with van der Waals surface area (Å²) in [5.41, 5.74) is 1.69. The van der Waals surface area contributed by atoms with E-state index >= 15 is 0 Å². The van der Waals surface area contributed by atoms with Gasteiger partial charge in [-0.2, -0.15) is 0 Å². The molecule has 3 amide bonds. The van der Waals surface area contributed by atoms with E-state index in [-0.39, 0.29) is 29.9 Å². The van der Waals surface area contributed by atoms with Crippen LogP contribution in [0.25, 0.3) is 11.0 Å². The number of fused-ring (bicyclic) bond motifs is 1. The Kier molecular flexibility index (Phi) is 3.92. The van der Waals surface area contributed by atoms with Crippen molar-refractivity contribution in [2.45, 2.75) is 32.7 Å². The van der Waals surface area contributed by atoms with Gasteiger partial charge in [0.2, 0.25) is 11.8 Å². The highest BCUT2D eigenvalue weighted by atomic mass is 16.3. The zero-order valence-corrected chi connectivity index (χ0v) is 13.3. The van der Waals surface area contributed by atoms with Gasteiger partial charge < -0.3 is 9.73 Å². The van der Waals surface area contributed by atoms with E-state index < -0.39 is 17.9 Å². The van der Waals surface area contributed by atoms with Gasteiger partial charge >= 0.3 is 0 Å². The van der Waals surface area contributed by atoms with Crippen molar-refractivity contribution in [3.8, 4) is 0 Å². The molecule has 124 valence electrons. The van der Waals surface area contributed by atoms with Crippen molar-refractivity contribution < 1.29 is 18.8 Å². The predicted octanol–water partition coefficient (Wildman–Crippen LogP) is 0.945. The molecule has 2 aromatic rings. The van der Waals surface area contributed by atoms with Crippen LogP contribution in [0.15, 0.2) is 27.4 Å². The van der Waals surface area contributed by atoms with Gasteiger partial charge in [0.25, 0.3) is 5.91 Å². The number of nitrogens with one attached hydrogen (secondary N) is 2. The lowest BCUT2D eigenvalue weighted by atomic mass is 10.1. The molecule has 0 radical (unpaired) electrons. The number of hydrogen-bond donors (Lipinski definition) is 2. The van der Waals surface area contributed by atoms with Crippen molar-refractivity contribution in [1.29, 1.82) is 0 Å². The van der Waals surface area contributed by atoms with Crippen LogP contribution in [0, 0.1) is 13.8 Å². The fourth-order valence-electron chi connectivity index (χ4n) is 2.84. The van der Waals surface area contributed by atoms with E-state index in [9.17, 15) is 19.2 Å². The third-order valence-electron chi connectivity index (χ3n) is 3.94. The average molecular weight is 328 g/mol. The first-order valence-electron chi connectivity index (χ1n) is 7.55. The highest BCUT2D eigenvalue weighted by Gasteiger charge is 2.28. The van der Waals surface area contributed by atoms with E-state index in [1.54, 1.807) is 13.0 Å². The van der Waals surface area contributed by atoms with Gasteiger partial charge in [0.05, 0.1) is 5.39 Å². The van der Waals surface area contributed by atoms with Gasteiger partial charge in [-0.25, -0.2) is 0 Å². The molecular weight excluding hydrogens is 312 g/mol. The van der Waals surface area contributed by atoms with Gasteiger partial charge in [0.1, 0.15) is 11.6 Å². The summed E-state index contributed by atoms with van der Waals surface area (Å²) in [5, 5.41) is 5.08. The molecule has 24 heavy (non-hydrogen) atoms. The molecule has 7 heteroatoms. The molecule has 7 nitrogen and oxygen atoms in total. The van der Waals surface area contributed by atoms with E-state index in [1.807, 2.05) is 13.0 Å². The quantitative estimate of drug-likeness (QED) is 0.798. The van der Waals surface area contributed by atoms with Gasteiger partial charge in [0, 0.05) is 12.5 Å². The molecule has 1 fully saturated rings. The highest BCUT2D eigenvalue weighted by Crippen LogP contribution is 2.19. The SMILES string of the molecule is Cc1cc(C)c2c(=O)cc(C(=O)NC3CCC(=O)NC3=O)oc2c1. The highest BCUT2D eigenvalue weighted by molar-refractivity contribution is 6.03. The Labute approximate surface area is 137 Å². The molecule has 1 saturated heterocycles. The van der Waals surface area contributed by atoms with E-state index in [0.29, 0.717) is 11.0 Å². The van der Waals surface area contributed by atoms with Crippen LogP contribution in [0.4, 0.5) is 0 Å². The molecule has 0 aliphatic carbocycles. The minimum Gasteiger partial charge on any atom is -0.451 e. The van der Waals surface area contributed by atoms with Crippen LogP contribution in [0.5, 0.6) is 0 Å². The van der Waals surface area contributed by atoms with Crippen molar-refractivity contribution in [3.63, 3.8) is 0 Å². The molecule has 1 unspecified atom stereocenters. The number of carbonyl (C=O) groups excluding carboxylic acids is 3. The Morgan fingerprint density at radius 3 is 2.67 bits per heavy atom. The monoisotopic (exact) mass is 328 g/mol. The minimum atomic E-state index is -0.824. The van der Waals surface area contributed by atoms with E-state index in [4.69, 9.17) is 4.42 Å². The molecule has 1 atom stereocenters. The number of benzene rings is 1. The minimum absolute atomic E-state index is 0.150. The molecule has 0 bridgehead atoms. The topological polar surface area (TPSA) is 105 Å². The van der Waals surface area contributed by atoms with E-state index in [0.717, 1.165) is 17.2 Å². The maximum atomic E-state index is 12.3. The second-order valence-electron chi connectivity index (χ2n) is 5.91. The maximum Gasteiger partial charge on any atom is 0.287 e. The molecule has 1 aliphatic rings. The summed E-state index contributed by atoms with van der Waals surface area (Å²) < 4.78 is 5.55. The number of aryl methyl sites for hydroxylation is 2. The van der Waals surface area contributed by atoms with Crippen LogP contribution in [-0.4, -0.2) is 23.8 Å². The van der Waals surface area contributed by atoms with Gasteiger partial charge in [-0.15, -0.1) is 0 Å². The van der Waals surface area contributed by atoms with Gasteiger partial charge in [0.15, 0.2) is 11.2 Å². The van der Waals surface area contributed by atoms with Gasteiger partial charge in [-0.3, -0.25) is 24.5 Å². The number of hydrogen-bond acceptors (Lipinski definition) is 5. The number of imide groups is 1. The maximum absolute atomic E-state index is 12.3. The van der Waals surface area contributed by atoms with Gasteiger partial charge in [-0.1, -0.05) is 6.07 Å². The Bertz CT molecular complexity index is 928. The fraction of sp³-hybridized carbons (Fsp3) is 0.294. The largest absolute Gasteiger partial charge is 0.451 e. The van der Waals surface area contributed by atoms with Crippen molar-refractivity contribution in [1.82, 2.24) is 10.6 Å². The second kappa shape index (κ2) is 5.92. The zero-order chi connectivity index (χ0) is 17.4. The third kappa shape index (κ3) is 2.92. The first kappa shape index (κ1) is 15.9. The van der Waals surface area contributed by atoms with Crippen LogP contribution in [0.1, 0.15) is 34.5 Å². The summed E-state index contributed by atoms with van der Waals surface area (Å²) in [7, 11) is 0. The smallest absolute Gasteiger partial charge is 0.287 e. The number of carbonyl (C=O) groups is 3. The lowest BCUT2D eigenvalue weighted by Crippen LogP contribution is -2.52. The Balaban J connectivity index is 1.92. The first-order chi connectivity index (χ1) is 11.3. The third-order valence-corrected chi connectivity index (χ3v) is 3.94. The van der Waals surface area contributed by atoms with Crippen LogP contribution in [0.2, 0.25) is 0 Å². The molecule has 1 aliphatic heterocycles. The van der Waals surface area contributed by atoms with E-state index in [1.165, 1.54) is 0 Å². The van der Waals surface area contributed by atoms with Crippen molar-refractivity contribution in [2.75, 3.05) is 0 Å². The van der Waals surface area contributed by atoms with Crippen LogP contribution >= 0.6 is 0 Å². The Morgan fingerprint density at radius 2 is 1.96 bits per heavy atom. The molecular formula is C17H16N2O5. The number of rotatable bonds is 2. The summed E-state index contributed by atoms with van der Waals surface area (Å²) in [6, 6.07) is 3.84. The fourth-order valence-corrected chi connectivity index (χ4v) is 2.84. The molecule has 1 aromatic heterocycles. The van der Waals surface area contributed by atoms with Gasteiger partial charge in [-0.05, 0) is 37.5 Å². The molecule has 1 aromatic carbocycles. The molecule has 2 heterocycles. The number of amides is 3. The van der Waals surface area contributed by atoms with Crippen LogP contribution in [-0.2, 0) is 9.59 Å². The Morgan fingerprint density at radius 1 is 1.21 bits per heavy atom. The number of piperidine rings is 1. The summed E-state index contributed by atoms with van der Waals surface area (Å²) >= 11 is 0. The molecule has 3 rings (SSSR count). The Hall–Kier alpha value is -2.96. The standard InChI is InChI=1S/C17H16N2O5/c1-8-5-9(2)15-11(20)7-13(24-12(15)6-8)17(23)18-10-3-4-14(21)19-16(10)22/h5-7,10H,3-4H2,1-2H3,(H,18,23)(H,19,21,22). The van der Waals surface area contributed by atoms with E-state index in [2.05, 4.69) is 10.6 Å². The lowest BCUT2D eigenvalue weighted by molar-refractivity contribution is -0.134. The zero-order valence-electron chi connectivity index (χ0n) is 13.3. The van der Waals surface area contributed by atoms with Crippen molar-refractivity contribution in [3.05, 3.63) is 45.3 Å². The summed E-state index contributed by atoms with van der Waals surface area (Å²) in [5.74, 6) is -1.76. The van der Waals surface area contributed by atoms with Crippen molar-refractivity contribution in [2.24, 2.45) is 0 Å². The lowest BCUT2D eigenvalue weighted by Gasteiger charge is -2.21. The predicted molar refractivity (Wildman–Crippen MR) is 85.6 cm³/mol. The second-order valence-corrected chi connectivity index (χ2v) is 5.91. The summed E-state index contributed by atoms with van der Waals surface area (Å²) in [6.07, 6.45) is 0.364. The molecule has 0 saturated carbocycles. The van der Waals surface area contributed by atoms with Crippen molar-refractivity contribution >= 4 is 28.7 Å². The molecule has 2 N–H and O–H groups in total. The first-order valence-corrected chi connectivity index (χ1v) is 7.55. The average Bonchev–Trinajstić information content (AvgIpc) is 2.48. The summed E-state index contributed by atoms with van der Waals surface area (Å²) in [4.78, 5) is 47.4. The molecule has 0 spiro atoms. The normalized spacial score (nSPS) is 17.7. The van der Waals surface area contributed by atoms with Crippen LogP contribution < -0.4 is 16.1 Å².